The average Bonchev–Trinajstić information content (AvgIpc) is 3.84. The van der Waals surface area contributed by atoms with Gasteiger partial charge in [0.05, 0.1) is 0 Å². The molecule has 3 N–H and O–H groups in total. The van der Waals surface area contributed by atoms with Gasteiger partial charge in [0.1, 0.15) is 35.5 Å². The predicted molar refractivity (Wildman–Crippen MR) is 205 cm³/mol. The van der Waals surface area contributed by atoms with Crippen molar-refractivity contribution in [1.82, 2.24) is 30.2 Å². The van der Waals surface area contributed by atoms with Crippen molar-refractivity contribution in [3.05, 3.63) is 65.7 Å². The van der Waals surface area contributed by atoms with Crippen molar-refractivity contribution in [2.45, 2.75) is 103 Å². The maximum Gasteiger partial charge on any atom is 0.410 e. The Hall–Kier alpha value is -5.14. The molecule has 4 unspecified atom stereocenters. The largest absolute Gasteiger partial charge is 0.508 e. The molecule has 2 aromatic carbocycles. The number of carbonyl (C=O) groups is 6. The molecule has 0 aliphatic carbocycles. The van der Waals surface area contributed by atoms with Crippen molar-refractivity contribution in [3.8, 4) is 5.75 Å². The van der Waals surface area contributed by atoms with Gasteiger partial charge >= 0.3 is 6.09 Å². The van der Waals surface area contributed by atoms with Crippen LogP contribution in [0.5, 0.6) is 5.75 Å². The first-order valence-electron chi connectivity index (χ1n) is 19.2. The quantitative estimate of drug-likeness (QED) is 0.350. The average molecular weight is 761 g/mol. The summed E-state index contributed by atoms with van der Waals surface area (Å²) in [5, 5.41) is 15.7. The Bertz CT molecular complexity index is 1710. The highest BCUT2D eigenvalue weighted by Crippen LogP contribution is 2.28. The van der Waals surface area contributed by atoms with Crippen LogP contribution in [-0.4, -0.2) is 129 Å². The smallest absolute Gasteiger partial charge is 0.410 e. The number of aromatic hydroxyl groups is 1. The molecule has 0 spiro atoms. The van der Waals surface area contributed by atoms with Crippen LogP contribution in [0, 0.1) is 5.41 Å². The lowest BCUT2D eigenvalue weighted by molar-refractivity contribution is -0.143. The summed E-state index contributed by atoms with van der Waals surface area (Å²) in [6, 6.07) is 11.7. The van der Waals surface area contributed by atoms with Crippen LogP contribution in [0.25, 0.3) is 0 Å². The fourth-order valence-corrected chi connectivity index (χ4v) is 7.41. The molecular weight excluding hydrogens is 704 g/mol. The van der Waals surface area contributed by atoms with E-state index in [1.807, 2.05) is 26.8 Å². The highest BCUT2D eigenvalue weighted by Gasteiger charge is 2.45. The second kappa shape index (κ2) is 17.1. The van der Waals surface area contributed by atoms with Gasteiger partial charge in [-0.1, -0.05) is 51.1 Å². The van der Waals surface area contributed by atoms with E-state index in [-0.39, 0.29) is 43.0 Å². The minimum atomic E-state index is -1.07. The standard InChI is InChI=1S/C41H56N6O8/c1-40(2,3)33(43-34(49)31-14-10-20-46(31)38(53)32-15-11-21-47(32)39(54)55-41(4,5)6)35(50)42-30(26-27-16-18-29(48)19-17-27)37(52)45-24-22-44(23-25-45)36(51)28-12-8-7-9-13-28/h7-9,12-13,16-19,30-33,48H,10-11,14-15,20-26H2,1-6H3,(H,42,50)(H,43,49). The van der Waals surface area contributed by atoms with Crippen molar-refractivity contribution >= 4 is 35.6 Å². The zero-order valence-corrected chi connectivity index (χ0v) is 32.9. The third-order valence-corrected chi connectivity index (χ3v) is 10.3. The van der Waals surface area contributed by atoms with Crippen molar-refractivity contribution < 1.29 is 38.6 Å². The third-order valence-electron chi connectivity index (χ3n) is 10.3. The molecule has 55 heavy (non-hydrogen) atoms. The number of likely N-dealkylation sites (tertiary alicyclic amines) is 2. The molecule has 3 saturated heterocycles. The zero-order chi connectivity index (χ0) is 40.1. The molecule has 3 heterocycles. The van der Waals surface area contributed by atoms with Crippen LogP contribution in [0.1, 0.15) is 83.1 Å². The van der Waals surface area contributed by atoms with Crippen molar-refractivity contribution in [3.63, 3.8) is 0 Å². The van der Waals surface area contributed by atoms with Crippen molar-refractivity contribution in [2.24, 2.45) is 5.41 Å². The Morgan fingerprint density at radius 1 is 0.745 bits per heavy atom. The van der Waals surface area contributed by atoms with Gasteiger partial charge in [0.25, 0.3) is 5.91 Å². The van der Waals surface area contributed by atoms with E-state index >= 15 is 0 Å². The number of carbonyl (C=O) groups excluding carboxylic acids is 6. The van der Waals surface area contributed by atoms with Crippen molar-refractivity contribution in [2.75, 3.05) is 39.3 Å². The summed E-state index contributed by atoms with van der Waals surface area (Å²) in [7, 11) is 0. The normalized spacial score (nSPS) is 20.1. The molecule has 14 nitrogen and oxygen atoms in total. The Labute approximate surface area is 323 Å². The van der Waals surface area contributed by atoms with E-state index < -0.39 is 53.1 Å². The highest BCUT2D eigenvalue weighted by molar-refractivity contribution is 5.97. The summed E-state index contributed by atoms with van der Waals surface area (Å²) in [5.74, 6) is -1.73. The number of hydrogen-bond acceptors (Lipinski definition) is 8. The lowest BCUT2D eigenvalue weighted by Crippen LogP contribution is -2.62. The van der Waals surface area contributed by atoms with Gasteiger partial charge in [-0.25, -0.2) is 4.79 Å². The number of nitrogens with zero attached hydrogens (tertiary/aromatic N) is 4. The minimum absolute atomic E-state index is 0.0651. The number of amides is 6. The Morgan fingerprint density at radius 3 is 1.93 bits per heavy atom. The summed E-state index contributed by atoms with van der Waals surface area (Å²) < 4.78 is 5.55. The van der Waals surface area contributed by atoms with Crippen LogP contribution >= 0.6 is 0 Å². The minimum Gasteiger partial charge on any atom is -0.508 e. The van der Waals surface area contributed by atoms with Crippen LogP contribution < -0.4 is 10.6 Å². The summed E-state index contributed by atoms with van der Waals surface area (Å²) >= 11 is 0. The molecule has 14 heteroatoms. The lowest BCUT2D eigenvalue weighted by Gasteiger charge is -2.38. The fourth-order valence-electron chi connectivity index (χ4n) is 7.41. The molecular formula is C41H56N6O8. The van der Waals surface area contributed by atoms with Crippen LogP contribution in [0.2, 0.25) is 0 Å². The van der Waals surface area contributed by atoms with Gasteiger partial charge in [-0.15, -0.1) is 0 Å². The highest BCUT2D eigenvalue weighted by atomic mass is 16.6. The molecule has 0 aromatic heterocycles. The maximum absolute atomic E-state index is 14.2. The SMILES string of the molecule is CC(C)(C)OC(=O)N1CCCC1C(=O)N1CCCC1C(=O)NC(C(=O)NC(Cc1ccc(O)cc1)C(=O)N1CCN(C(=O)c2ccccc2)CC1)C(C)(C)C. The van der Waals surface area contributed by atoms with Gasteiger partial charge < -0.3 is 35.2 Å². The number of nitrogens with one attached hydrogen (secondary N) is 2. The summed E-state index contributed by atoms with van der Waals surface area (Å²) in [5.41, 5.74) is -0.237. The van der Waals surface area contributed by atoms with Gasteiger partial charge in [-0.3, -0.25) is 28.9 Å². The van der Waals surface area contributed by atoms with E-state index in [1.54, 1.807) is 67.0 Å². The topological polar surface area (TPSA) is 169 Å². The molecule has 4 atom stereocenters. The van der Waals surface area contributed by atoms with Crippen LogP contribution in [-0.2, 0) is 30.3 Å². The van der Waals surface area contributed by atoms with E-state index in [1.165, 1.54) is 21.9 Å². The van der Waals surface area contributed by atoms with E-state index in [2.05, 4.69) is 10.6 Å². The zero-order valence-electron chi connectivity index (χ0n) is 32.9. The van der Waals surface area contributed by atoms with E-state index in [0.29, 0.717) is 63.0 Å². The van der Waals surface area contributed by atoms with Crippen LogP contribution in [0.4, 0.5) is 4.79 Å². The molecule has 3 aliphatic heterocycles. The number of piperazine rings is 1. The second-order valence-electron chi connectivity index (χ2n) is 16.7. The van der Waals surface area contributed by atoms with Gasteiger partial charge in [-0.05, 0) is 81.7 Å². The first-order valence-corrected chi connectivity index (χ1v) is 19.2. The molecule has 298 valence electrons. The summed E-state index contributed by atoms with van der Waals surface area (Å²) in [6.45, 7) is 12.7. The molecule has 0 radical (unpaired) electrons. The van der Waals surface area contributed by atoms with Crippen LogP contribution in [0.3, 0.4) is 0 Å². The Kier molecular flexibility index (Phi) is 12.8. The third kappa shape index (κ3) is 10.3. The summed E-state index contributed by atoms with van der Waals surface area (Å²) in [4.78, 5) is 88.5. The summed E-state index contributed by atoms with van der Waals surface area (Å²) in [6.07, 6.45) is 1.65. The molecule has 6 amide bonds. The first-order chi connectivity index (χ1) is 25.9. The first kappa shape index (κ1) is 41.0. The monoisotopic (exact) mass is 760 g/mol. The lowest BCUT2D eigenvalue weighted by atomic mass is 9.85. The van der Waals surface area contributed by atoms with Crippen molar-refractivity contribution in [1.29, 1.82) is 0 Å². The van der Waals surface area contributed by atoms with E-state index in [0.717, 1.165) is 0 Å². The molecule has 0 bridgehead atoms. The molecule has 5 rings (SSSR count). The maximum atomic E-state index is 14.2. The van der Waals surface area contributed by atoms with Crippen LogP contribution in [0.15, 0.2) is 54.6 Å². The number of rotatable bonds is 9. The number of phenolic OH excluding ortho intramolecular Hbond substituents is 1. The van der Waals surface area contributed by atoms with Gasteiger partial charge in [0, 0.05) is 51.3 Å². The molecule has 3 fully saturated rings. The van der Waals surface area contributed by atoms with E-state index in [9.17, 15) is 33.9 Å². The van der Waals surface area contributed by atoms with Gasteiger partial charge in [0.15, 0.2) is 0 Å². The Balaban J connectivity index is 1.28. The number of hydrogen-bond donors (Lipinski definition) is 3. The van der Waals surface area contributed by atoms with Gasteiger partial charge in [0.2, 0.25) is 23.6 Å². The molecule has 3 aliphatic rings. The number of benzene rings is 2. The fraction of sp³-hybridized carbons (Fsp3) is 0.561. The second-order valence-corrected chi connectivity index (χ2v) is 16.7. The Morgan fingerprint density at radius 2 is 1.33 bits per heavy atom. The van der Waals surface area contributed by atoms with E-state index in [4.69, 9.17) is 4.74 Å². The molecule has 2 aromatic rings. The number of ether oxygens (including phenoxy) is 1. The predicted octanol–water partition coefficient (Wildman–Crippen LogP) is 3.33. The van der Waals surface area contributed by atoms with Gasteiger partial charge in [-0.2, -0.15) is 0 Å². The molecule has 0 saturated carbocycles. The number of phenols is 1.